The summed E-state index contributed by atoms with van der Waals surface area (Å²) in [6, 6.07) is 6.63. The van der Waals surface area contributed by atoms with Crippen molar-refractivity contribution >= 4 is 23.2 Å². The van der Waals surface area contributed by atoms with E-state index >= 15 is 0 Å². The Kier molecular flexibility index (Phi) is 7.07. The van der Waals surface area contributed by atoms with Crippen LogP contribution in [0.25, 0.3) is 0 Å². The van der Waals surface area contributed by atoms with Crippen LogP contribution < -0.4 is 15.1 Å². The lowest BCUT2D eigenvalue weighted by Crippen LogP contribution is -2.40. The molecule has 156 valence electrons. The Labute approximate surface area is 174 Å². The summed E-state index contributed by atoms with van der Waals surface area (Å²) in [6.45, 7) is 11.4. The monoisotopic (exact) mass is 395 g/mol. The maximum absolute atomic E-state index is 12.7. The molecule has 1 fully saturated rings. The van der Waals surface area contributed by atoms with Crippen molar-refractivity contribution in [2.45, 2.75) is 59.4 Å². The molecule has 0 saturated carbocycles. The van der Waals surface area contributed by atoms with E-state index in [1.54, 1.807) is 12.4 Å². The number of carbonyl (C=O) groups excluding carboxylic acids is 1. The van der Waals surface area contributed by atoms with Gasteiger partial charge in [0.15, 0.2) is 0 Å². The van der Waals surface area contributed by atoms with E-state index in [0.717, 1.165) is 43.3 Å². The molecule has 6 nitrogen and oxygen atoms in total. The second-order valence-electron chi connectivity index (χ2n) is 7.65. The van der Waals surface area contributed by atoms with Crippen molar-refractivity contribution in [3.63, 3.8) is 0 Å². The maximum atomic E-state index is 12.7. The van der Waals surface area contributed by atoms with Gasteiger partial charge in [0, 0.05) is 49.4 Å². The Morgan fingerprint density at radius 3 is 2.52 bits per heavy atom. The molecule has 1 aliphatic rings. The number of hydrogen-bond donors (Lipinski definition) is 1. The largest absolute Gasteiger partial charge is 0.372 e. The molecule has 3 rings (SSSR count). The number of hydrogen-bond acceptors (Lipinski definition) is 5. The first-order valence-electron chi connectivity index (χ1n) is 10.8. The van der Waals surface area contributed by atoms with Gasteiger partial charge in [-0.1, -0.05) is 6.92 Å². The molecule has 1 amide bonds. The lowest BCUT2D eigenvalue weighted by molar-refractivity contribution is 0.102. The Morgan fingerprint density at radius 1 is 1.17 bits per heavy atom. The lowest BCUT2D eigenvalue weighted by atomic mass is 10.0. The Morgan fingerprint density at radius 2 is 1.90 bits per heavy atom. The summed E-state index contributed by atoms with van der Waals surface area (Å²) >= 11 is 0. The lowest BCUT2D eigenvalue weighted by Gasteiger charge is -2.35. The Balaban J connectivity index is 1.69. The van der Waals surface area contributed by atoms with Gasteiger partial charge in [0.05, 0.1) is 5.56 Å². The normalized spacial score (nSPS) is 16.6. The molecular formula is C23H33N5O. The molecule has 6 heteroatoms. The van der Waals surface area contributed by atoms with E-state index < -0.39 is 0 Å². The van der Waals surface area contributed by atoms with Gasteiger partial charge in [0.2, 0.25) is 5.95 Å². The minimum Gasteiger partial charge on any atom is -0.372 e. The highest BCUT2D eigenvalue weighted by atomic mass is 16.1. The molecule has 0 aliphatic carbocycles. The third-order valence-electron chi connectivity index (χ3n) is 5.84. The van der Waals surface area contributed by atoms with Crippen LogP contribution in [0.5, 0.6) is 0 Å². The number of carbonyl (C=O) groups is 1. The van der Waals surface area contributed by atoms with E-state index in [4.69, 9.17) is 0 Å². The molecule has 1 unspecified atom stereocenters. The highest BCUT2D eigenvalue weighted by molar-refractivity contribution is 6.04. The van der Waals surface area contributed by atoms with Crippen molar-refractivity contribution in [3.8, 4) is 0 Å². The van der Waals surface area contributed by atoms with Crippen LogP contribution >= 0.6 is 0 Å². The predicted molar refractivity (Wildman–Crippen MR) is 120 cm³/mol. The van der Waals surface area contributed by atoms with Crippen molar-refractivity contribution in [1.29, 1.82) is 0 Å². The van der Waals surface area contributed by atoms with Crippen LogP contribution in [0, 0.1) is 6.92 Å². The number of aromatic nitrogens is 2. The molecule has 29 heavy (non-hydrogen) atoms. The fourth-order valence-electron chi connectivity index (χ4n) is 4.04. The average Bonchev–Trinajstić information content (AvgIpc) is 2.76. The topological polar surface area (TPSA) is 61.4 Å². The van der Waals surface area contributed by atoms with Crippen molar-refractivity contribution in [2.75, 3.05) is 34.8 Å². The number of aryl methyl sites for hydroxylation is 1. The number of piperidine rings is 1. The van der Waals surface area contributed by atoms with E-state index in [1.165, 1.54) is 24.9 Å². The molecular weight excluding hydrogens is 362 g/mol. The molecule has 1 atom stereocenters. The summed E-state index contributed by atoms with van der Waals surface area (Å²) in [7, 11) is 0. The van der Waals surface area contributed by atoms with Crippen molar-refractivity contribution in [1.82, 2.24) is 9.97 Å². The summed E-state index contributed by atoms with van der Waals surface area (Å²) in [4.78, 5) is 26.2. The van der Waals surface area contributed by atoms with Crippen molar-refractivity contribution in [3.05, 3.63) is 41.7 Å². The first-order chi connectivity index (χ1) is 14.1. The van der Waals surface area contributed by atoms with Gasteiger partial charge in [0.1, 0.15) is 0 Å². The zero-order valence-corrected chi connectivity index (χ0v) is 18.1. The minimum absolute atomic E-state index is 0.180. The molecule has 1 N–H and O–H groups in total. The van der Waals surface area contributed by atoms with Gasteiger partial charge in [-0.15, -0.1) is 0 Å². The maximum Gasteiger partial charge on any atom is 0.258 e. The van der Waals surface area contributed by atoms with Crippen LogP contribution in [0.15, 0.2) is 30.6 Å². The van der Waals surface area contributed by atoms with Crippen LogP contribution in [-0.4, -0.2) is 41.6 Å². The van der Waals surface area contributed by atoms with Crippen LogP contribution in [0.4, 0.5) is 17.3 Å². The highest BCUT2D eigenvalue weighted by Gasteiger charge is 2.23. The van der Waals surface area contributed by atoms with Gasteiger partial charge in [-0.05, 0) is 70.2 Å². The van der Waals surface area contributed by atoms with E-state index in [-0.39, 0.29) is 5.91 Å². The molecule has 0 radical (unpaired) electrons. The van der Waals surface area contributed by atoms with Crippen LogP contribution in [-0.2, 0) is 0 Å². The van der Waals surface area contributed by atoms with Crippen molar-refractivity contribution in [2.24, 2.45) is 0 Å². The summed E-state index contributed by atoms with van der Waals surface area (Å²) in [6.07, 6.45) is 7.99. The minimum atomic E-state index is -0.180. The third-order valence-corrected chi connectivity index (χ3v) is 5.84. The summed E-state index contributed by atoms with van der Waals surface area (Å²) in [5, 5.41) is 3.00. The fraction of sp³-hybridized carbons (Fsp3) is 0.522. The standard InChI is InChI=1S/C23H33N5O/c1-5-19-10-8-9-13-28(19)23-24-15-18(16-25-23)22(29)26-21-12-11-20(14-17(21)4)27(6-2)7-3/h11-12,14-16,19H,5-10,13H2,1-4H3,(H,26,29). The Hall–Kier alpha value is -2.63. The zero-order valence-electron chi connectivity index (χ0n) is 18.1. The highest BCUT2D eigenvalue weighted by Crippen LogP contribution is 2.25. The van der Waals surface area contributed by atoms with Crippen LogP contribution in [0.3, 0.4) is 0 Å². The number of nitrogens with zero attached hydrogens (tertiary/aromatic N) is 4. The number of amides is 1. The summed E-state index contributed by atoms with van der Waals surface area (Å²) in [5.74, 6) is 0.550. The zero-order chi connectivity index (χ0) is 20.8. The molecule has 1 aliphatic heterocycles. The van der Waals surface area contributed by atoms with Gasteiger partial charge in [-0.3, -0.25) is 4.79 Å². The second-order valence-corrected chi connectivity index (χ2v) is 7.65. The van der Waals surface area contributed by atoms with Gasteiger partial charge in [0.25, 0.3) is 5.91 Å². The SMILES string of the molecule is CCC1CCCCN1c1ncc(C(=O)Nc2ccc(N(CC)CC)cc2C)cn1. The van der Waals surface area contributed by atoms with Crippen LogP contribution in [0.2, 0.25) is 0 Å². The van der Waals surface area contributed by atoms with Crippen molar-refractivity contribution < 1.29 is 4.79 Å². The molecule has 2 heterocycles. The predicted octanol–water partition coefficient (Wildman–Crippen LogP) is 4.65. The van der Waals surface area contributed by atoms with E-state index in [0.29, 0.717) is 11.6 Å². The van der Waals surface area contributed by atoms with Crippen LogP contribution in [0.1, 0.15) is 62.4 Å². The molecule has 0 bridgehead atoms. The Bertz CT molecular complexity index is 817. The first-order valence-corrected chi connectivity index (χ1v) is 10.8. The fourth-order valence-corrected chi connectivity index (χ4v) is 4.04. The molecule has 2 aromatic rings. The van der Waals surface area contributed by atoms with Gasteiger partial charge >= 0.3 is 0 Å². The molecule has 1 aromatic carbocycles. The molecule has 1 aromatic heterocycles. The number of rotatable bonds is 7. The van der Waals surface area contributed by atoms with Gasteiger partial charge in [-0.25, -0.2) is 9.97 Å². The number of anilines is 3. The smallest absolute Gasteiger partial charge is 0.258 e. The first kappa shape index (κ1) is 21.1. The quantitative estimate of drug-likeness (QED) is 0.739. The average molecular weight is 396 g/mol. The number of nitrogens with one attached hydrogen (secondary N) is 1. The molecule has 1 saturated heterocycles. The van der Waals surface area contributed by atoms with E-state index in [2.05, 4.69) is 58.0 Å². The summed E-state index contributed by atoms with van der Waals surface area (Å²) < 4.78 is 0. The number of benzene rings is 1. The van der Waals surface area contributed by atoms with E-state index in [1.807, 2.05) is 13.0 Å². The molecule has 0 spiro atoms. The van der Waals surface area contributed by atoms with Gasteiger partial charge in [-0.2, -0.15) is 0 Å². The van der Waals surface area contributed by atoms with Gasteiger partial charge < -0.3 is 15.1 Å². The third kappa shape index (κ3) is 4.86. The summed E-state index contributed by atoms with van der Waals surface area (Å²) in [5.41, 5.74) is 3.51. The van der Waals surface area contributed by atoms with E-state index in [9.17, 15) is 4.79 Å². The second kappa shape index (κ2) is 9.72.